The van der Waals surface area contributed by atoms with Gasteiger partial charge in [-0.3, -0.25) is 4.72 Å². The molecule has 7 nitrogen and oxygen atoms in total. The normalized spacial score (nSPS) is 16.9. The van der Waals surface area contributed by atoms with Gasteiger partial charge in [0, 0.05) is 48.2 Å². The van der Waals surface area contributed by atoms with Crippen molar-refractivity contribution >= 4 is 32.2 Å². The van der Waals surface area contributed by atoms with Crippen LogP contribution in [0.3, 0.4) is 0 Å². The van der Waals surface area contributed by atoms with Crippen LogP contribution in [0.15, 0.2) is 59.5 Å². The van der Waals surface area contributed by atoms with Gasteiger partial charge < -0.3 is 19.7 Å². The summed E-state index contributed by atoms with van der Waals surface area (Å²) in [6.45, 7) is 4.90. The van der Waals surface area contributed by atoms with Crippen LogP contribution in [0.2, 0.25) is 0 Å². The van der Waals surface area contributed by atoms with E-state index in [4.69, 9.17) is 9.47 Å². The molecule has 3 aromatic rings. The molecule has 0 aliphatic carbocycles. The monoisotopic (exact) mass is 441 g/mol. The SMILES string of the molecule is COc1ccc(S(=O)(=O)Nc2ccc(N3CCNC(C)C3)c3ccccc23)cc1OC. The molecule has 0 aromatic heterocycles. The number of sulfonamides is 1. The number of methoxy groups -OCH3 is 2. The first-order valence-electron chi connectivity index (χ1n) is 10.2. The second-order valence-electron chi connectivity index (χ2n) is 7.60. The number of fused-ring (bicyclic) bond motifs is 1. The van der Waals surface area contributed by atoms with Crippen molar-refractivity contribution in [3.63, 3.8) is 0 Å². The van der Waals surface area contributed by atoms with Gasteiger partial charge in [-0.15, -0.1) is 0 Å². The zero-order chi connectivity index (χ0) is 22.0. The largest absolute Gasteiger partial charge is 0.493 e. The van der Waals surface area contributed by atoms with Crippen molar-refractivity contribution in [2.45, 2.75) is 17.9 Å². The maximum absolute atomic E-state index is 13.1. The molecular weight excluding hydrogens is 414 g/mol. The molecular formula is C23H27N3O4S. The van der Waals surface area contributed by atoms with E-state index in [0.717, 1.165) is 36.1 Å². The van der Waals surface area contributed by atoms with Crippen molar-refractivity contribution in [2.24, 2.45) is 0 Å². The summed E-state index contributed by atoms with van der Waals surface area (Å²) >= 11 is 0. The van der Waals surface area contributed by atoms with Crippen molar-refractivity contribution in [1.82, 2.24) is 5.32 Å². The van der Waals surface area contributed by atoms with Gasteiger partial charge in [-0.25, -0.2) is 8.42 Å². The van der Waals surface area contributed by atoms with Gasteiger partial charge in [0.15, 0.2) is 11.5 Å². The van der Waals surface area contributed by atoms with Crippen LogP contribution in [0, 0.1) is 0 Å². The van der Waals surface area contributed by atoms with Gasteiger partial charge in [-0.1, -0.05) is 24.3 Å². The van der Waals surface area contributed by atoms with Crippen molar-refractivity contribution in [2.75, 3.05) is 43.5 Å². The lowest BCUT2D eigenvalue weighted by molar-refractivity contribution is 0.354. The molecule has 0 saturated carbocycles. The quantitative estimate of drug-likeness (QED) is 0.610. The highest BCUT2D eigenvalue weighted by Crippen LogP contribution is 2.35. The van der Waals surface area contributed by atoms with Gasteiger partial charge in [0.1, 0.15) is 0 Å². The molecule has 1 fully saturated rings. The molecule has 1 unspecified atom stereocenters. The first-order valence-corrected chi connectivity index (χ1v) is 11.7. The van der Waals surface area contributed by atoms with Crippen LogP contribution in [0.1, 0.15) is 6.92 Å². The molecule has 2 N–H and O–H groups in total. The number of nitrogens with zero attached hydrogens (tertiary/aromatic N) is 1. The summed E-state index contributed by atoms with van der Waals surface area (Å²) in [5.41, 5.74) is 1.65. The minimum atomic E-state index is -3.82. The Balaban J connectivity index is 1.71. The molecule has 0 radical (unpaired) electrons. The van der Waals surface area contributed by atoms with Gasteiger partial charge >= 0.3 is 0 Å². The van der Waals surface area contributed by atoms with Crippen LogP contribution in [0.4, 0.5) is 11.4 Å². The van der Waals surface area contributed by atoms with Gasteiger partial charge in [-0.05, 0) is 31.2 Å². The fraction of sp³-hybridized carbons (Fsp3) is 0.304. The molecule has 3 aromatic carbocycles. The van der Waals surface area contributed by atoms with Crippen LogP contribution in [-0.4, -0.2) is 48.3 Å². The number of hydrogen-bond donors (Lipinski definition) is 2. The van der Waals surface area contributed by atoms with Crippen molar-refractivity contribution in [3.05, 3.63) is 54.6 Å². The Morgan fingerprint density at radius 2 is 1.74 bits per heavy atom. The second-order valence-corrected chi connectivity index (χ2v) is 9.28. The van der Waals surface area contributed by atoms with Crippen LogP contribution in [0.5, 0.6) is 11.5 Å². The number of nitrogens with one attached hydrogen (secondary N) is 2. The summed E-state index contributed by atoms with van der Waals surface area (Å²) in [6.07, 6.45) is 0. The zero-order valence-electron chi connectivity index (χ0n) is 17.9. The molecule has 1 aliphatic heterocycles. The van der Waals surface area contributed by atoms with Crippen molar-refractivity contribution < 1.29 is 17.9 Å². The number of ether oxygens (including phenoxy) is 2. The van der Waals surface area contributed by atoms with Crippen molar-refractivity contribution in [3.8, 4) is 11.5 Å². The molecule has 31 heavy (non-hydrogen) atoms. The van der Waals surface area contributed by atoms with Crippen LogP contribution >= 0.6 is 0 Å². The number of benzene rings is 3. The fourth-order valence-corrected chi connectivity index (χ4v) is 5.08. The number of hydrogen-bond acceptors (Lipinski definition) is 6. The molecule has 1 saturated heterocycles. The Labute approximate surface area is 183 Å². The third kappa shape index (κ3) is 4.26. The predicted molar refractivity (Wildman–Crippen MR) is 124 cm³/mol. The van der Waals surface area contributed by atoms with E-state index in [2.05, 4.69) is 21.9 Å². The highest BCUT2D eigenvalue weighted by molar-refractivity contribution is 7.92. The topological polar surface area (TPSA) is 79.9 Å². The average molecular weight is 442 g/mol. The van der Waals surface area contributed by atoms with Crippen LogP contribution < -0.4 is 24.4 Å². The van der Waals surface area contributed by atoms with E-state index in [9.17, 15) is 8.42 Å². The van der Waals surface area contributed by atoms with Gasteiger partial charge in [-0.2, -0.15) is 0 Å². The summed E-state index contributed by atoms with van der Waals surface area (Å²) < 4.78 is 39.4. The summed E-state index contributed by atoms with van der Waals surface area (Å²) in [6, 6.07) is 16.6. The third-order valence-electron chi connectivity index (χ3n) is 5.52. The molecule has 1 aliphatic rings. The van der Waals surface area contributed by atoms with E-state index in [1.54, 1.807) is 6.07 Å². The maximum atomic E-state index is 13.1. The lowest BCUT2D eigenvalue weighted by Crippen LogP contribution is -2.49. The number of piperazine rings is 1. The molecule has 164 valence electrons. The Kier molecular flexibility index (Phi) is 5.93. The molecule has 0 bridgehead atoms. The predicted octanol–water partition coefficient (Wildman–Crippen LogP) is 3.46. The standard InChI is InChI=1S/C23H27N3O4S/c1-16-15-26(13-12-24-16)21-10-9-20(18-6-4-5-7-19(18)21)25-31(27,28)17-8-11-22(29-2)23(14-17)30-3/h4-11,14,16,24-25H,12-13,15H2,1-3H3. The number of anilines is 2. The average Bonchev–Trinajstić information content (AvgIpc) is 2.78. The molecule has 0 amide bonds. The summed E-state index contributed by atoms with van der Waals surface area (Å²) in [5.74, 6) is 0.833. The molecule has 1 heterocycles. The smallest absolute Gasteiger partial charge is 0.262 e. The van der Waals surface area contributed by atoms with Gasteiger partial charge in [0.05, 0.1) is 24.8 Å². The second kappa shape index (κ2) is 8.64. The molecule has 8 heteroatoms. The van der Waals surface area contributed by atoms with Gasteiger partial charge in [0.2, 0.25) is 0 Å². The van der Waals surface area contributed by atoms with Gasteiger partial charge in [0.25, 0.3) is 10.0 Å². The lowest BCUT2D eigenvalue weighted by Gasteiger charge is -2.34. The molecule has 1 atom stereocenters. The van der Waals surface area contributed by atoms with Crippen LogP contribution in [0.25, 0.3) is 10.8 Å². The van der Waals surface area contributed by atoms with Crippen LogP contribution in [-0.2, 0) is 10.0 Å². The summed E-state index contributed by atoms with van der Waals surface area (Å²) in [7, 11) is -0.830. The lowest BCUT2D eigenvalue weighted by atomic mass is 10.1. The maximum Gasteiger partial charge on any atom is 0.262 e. The number of rotatable bonds is 6. The Hall–Kier alpha value is -2.97. The van der Waals surface area contributed by atoms with E-state index in [0.29, 0.717) is 23.2 Å². The highest BCUT2D eigenvalue weighted by Gasteiger charge is 2.21. The summed E-state index contributed by atoms with van der Waals surface area (Å²) in [5, 5.41) is 5.33. The van der Waals surface area contributed by atoms with E-state index < -0.39 is 10.0 Å². The Bertz CT molecular complexity index is 1200. The molecule has 0 spiro atoms. The Morgan fingerprint density at radius 3 is 2.45 bits per heavy atom. The van der Waals surface area contributed by atoms with E-state index in [1.807, 2.05) is 36.4 Å². The van der Waals surface area contributed by atoms with Crippen molar-refractivity contribution in [1.29, 1.82) is 0 Å². The highest BCUT2D eigenvalue weighted by atomic mass is 32.2. The first kappa shape index (κ1) is 21.3. The van der Waals surface area contributed by atoms with E-state index >= 15 is 0 Å². The zero-order valence-corrected chi connectivity index (χ0v) is 18.7. The first-order chi connectivity index (χ1) is 14.9. The minimum absolute atomic E-state index is 0.106. The third-order valence-corrected chi connectivity index (χ3v) is 6.88. The Morgan fingerprint density at radius 1 is 1.00 bits per heavy atom. The van der Waals surface area contributed by atoms with E-state index in [-0.39, 0.29) is 4.90 Å². The van der Waals surface area contributed by atoms with E-state index in [1.165, 1.54) is 26.4 Å². The molecule has 4 rings (SSSR count). The summed E-state index contributed by atoms with van der Waals surface area (Å²) in [4.78, 5) is 2.45. The minimum Gasteiger partial charge on any atom is -0.493 e. The fourth-order valence-electron chi connectivity index (χ4n) is 3.99.